The van der Waals surface area contributed by atoms with Crippen molar-refractivity contribution in [3.05, 3.63) is 28.8 Å². The Morgan fingerprint density at radius 2 is 2.24 bits per heavy atom. The number of nitrogens with one attached hydrogen (secondary N) is 1. The van der Waals surface area contributed by atoms with Gasteiger partial charge in [0.2, 0.25) is 0 Å². The summed E-state index contributed by atoms with van der Waals surface area (Å²) in [6, 6.07) is 5.34. The standard InChI is InChI=1S/C13H17ClN2O/c1-15-12-6-5-10(14)7-11(12)13(17)16(2)8-9-3-4-9/h5-7,9,15H,3-4,8H2,1-2H3. The second kappa shape index (κ2) is 4.96. The monoisotopic (exact) mass is 252 g/mol. The van der Waals surface area contributed by atoms with Crippen LogP contribution in [0.15, 0.2) is 18.2 Å². The number of benzene rings is 1. The summed E-state index contributed by atoms with van der Waals surface area (Å²) in [5.74, 6) is 0.727. The highest BCUT2D eigenvalue weighted by molar-refractivity contribution is 6.31. The molecule has 1 aliphatic carbocycles. The minimum atomic E-state index is 0.0313. The number of amides is 1. The van der Waals surface area contributed by atoms with Crippen molar-refractivity contribution in [2.75, 3.05) is 26.0 Å². The topological polar surface area (TPSA) is 32.3 Å². The van der Waals surface area contributed by atoms with Gasteiger partial charge in [-0.05, 0) is 37.0 Å². The van der Waals surface area contributed by atoms with Crippen molar-refractivity contribution >= 4 is 23.2 Å². The number of hydrogen-bond acceptors (Lipinski definition) is 2. The molecule has 92 valence electrons. The second-order valence-corrected chi connectivity index (χ2v) is 5.01. The third-order valence-corrected chi connectivity index (χ3v) is 3.29. The van der Waals surface area contributed by atoms with Crippen molar-refractivity contribution in [2.24, 2.45) is 5.92 Å². The van der Waals surface area contributed by atoms with Gasteiger partial charge < -0.3 is 10.2 Å². The Balaban J connectivity index is 2.18. The van der Waals surface area contributed by atoms with Gasteiger partial charge in [0.05, 0.1) is 5.56 Å². The summed E-state index contributed by atoms with van der Waals surface area (Å²) in [6.07, 6.45) is 2.48. The van der Waals surface area contributed by atoms with Gasteiger partial charge in [0.15, 0.2) is 0 Å². The molecule has 4 heteroatoms. The molecule has 1 aromatic rings. The van der Waals surface area contributed by atoms with Crippen molar-refractivity contribution < 1.29 is 4.79 Å². The first-order valence-electron chi connectivity index (χ1n) is 5.84. The van der Waals surface area contributed by atoms with Gasteiger partial charge in [-0.15, -0.1) is 0 Å². The van der Waals surface area contributed by atoms with Gasteiger partial charge in [-0.25, -0.2) is 0 Å². The van der Waals surface area contributed by atoms with Gasteiger partial charge in [0.1, 0.15) is 0 Å². The maximum Gasteiger partial charge on any atom is 0.255 e. The van der Waals surface area contributed by atoms with Crippen LogP contribution in [0.4, 0.5) is 5.69 Å². The summed E-state index contributed by atoms with van der Waals surface area (Å²) in [5, 5.41) is 3.61. The zero-order chi connectivity index (χ0) is 12.4. The zero-order valence-electron chi connectivity index (χ0n) is 10.2. The van der Waals surface area contributed by atoms with E-state index in [1.807, 2.05) is 13.1 Å². The van der Waals surface area contributed by atoms with E-state index < -0.39 is 0 Å². The Labute approximate surface area is 107 Å². The van der Waals surface area contributed by atoms with Crippen LogP contribution in [-0.2, 0) is 0 Å². The molecule has 0 bridgehead atoms. The molecule has 0 aromatic heterocycles. The number of carbonyl (C=O) groups is 1. The molecule has 17 heavy (non-hydrogen) atoms. The van der Waals surface area contributed by atoms with E-state index in [4.69, 9.17) is 11.6 Å². The molecular weight excluding hydrogens is 236 g/mol. The Kier molecular flexibility index (Phi) is 3.57. The Morgan fingerprint density at radius 1 is 1.53 bits per heavy atom. The largest absolute Gasteiger partial charge is 0.387 e. The summed E-state index contributed by atoms with van der Waals surface area (Å²) < 4.78 is 0. The minimum absolute atomic E-state index is 0.0313. The van der Waals surface area contributed by atoms with Crippen molar-refractivity contribution in [3.63, 3.8) is 0 Å². The number of hydrogen-bond donors (Lipinski definition) is 1. The third-order valence-electron chi connectivity index (χ3n) is 3.06. The van der Waals surface area contributed by atoms with Crippen LogP contribution in [0.2, 0.25) is 5.02 Å². The molecule has 2 rings (SSSR count). The molecule has 1 aliphatic rings. The maximum atomic E-state index is 12.3. The molecule has 0 atom stereocenters. The van der Waals surface area contributed by atoms with E-state index in [0.717, 1.165) is 12.2 Å². The number of carbonyl (C=O) groups excluding carboxylic acids is 1. The lowest BCUT2D eigenvalue weighted by molar-refractivity contribution is 0.0789. The lowest BCUT2D eigenvalue weighted by atomic mass is 10.1. The lowest BCUT2D eigenvalue weighted by Crippen LogP contribution is -2.29. The Hall–Kier alpha value is -1.22. The van der Waals surface area contributed by atoms with Gasteiger partial charge in [-0.3, -0.25) is 4.79 Å². The first-order chi connectivity index (χ1) is 8.11. The fourth-order valence-electron chi connectivity index (χ4n) is 1.89. The fraction of sp³-hybridized carbons (Fsp3) is 0.462. The summed E-state index contributed by atoms with van der Waals surface area (Å²) >= 11 is 5.94. The predicted molar refractivity (Wildman–Crippen MR) is 70.7 cm³/mol. The van der Waals surface area contributed by atoms with Gasteiger partial charge in [0.25, 0.3) is 5.91 Å². The van der Waals surface area contributed by atoms with E-state index in [0.29, 0.717) is 16.5 Å². The molecule has 1 fully saturated rings. The van der Waals surface area contributed by atoms with Gasteiger partial charge in [-0.2, -0.15) is 0 Å². The van der Waals surface area contributed by atoms with Crippen LogP contribution in [0.25, 0.3) is 0 Å². The summed E-state index contributed by atoms with van der Waals surface area (Å²) in [5.41, 5.74) is 1.46. The summed E-state index contributed by atoms with van der Waals surface area (Å²) in [6.45, 7) is 0.842. The van der Waals surface area contributed by atoms with Gasteiger partial charge in [-0.1, -0.05) is 11.6 Å². The average molecular weight is 253 g/mol. The van der Waals surface area contributed by atoms with E-state index in [2.05, 4.69) is 5.32 Å². The van der Waals surface area contributed by atoms with Crippen molar-refractivity contribution in [1.29, 1.82) is 0 Å². The van der Waals surface area contributed by atoms with Crippen LogP contribution in [0.5, 0.6) is 0 Å². The number of halogens is 1. The zero-order valence-corrected chi connectivity index (χ0v) is 10.9. The molecule has 1 amide bonds. The highest BCUT2D eigenvalue weighted by atomic mass is 35.5. The quantitative estimate of drug-likeness (QED) is 0.894. The molecule has 0 unspecified atom stereocenters. The minimum Gasteiger partial charge on any atom is -0.387 e. The van der Waals surface area contributed by atoms with Crippen LogP contribution in [0.3, 0.4) is 0 Å². The van der Waals surface area contributed by atoms with Gasteiger partial charge in [0, 0.05) is 31.4 Å². The van der Waals surface area contributed by atoms with E-state index in [1.165, 1.54) is 12.8 Å². The van der Waals surface area contributed by atoms with E-state index in [9.17, 15) is 4.79 Å². The van der Waals surface area contributed by atoms with Crippen LogP contribution < -0.4 is 5.32 Å². The number of rotatable bonds is 4. The average Bonchev–Trinajstić information content (AvgIpc) is 3.11. The normalized spacial score (nSPS) is 14.5. The van der Waals surface area contributed by atoms with Crippen molar-refractivity contribution in [3.8, 4) is 0 Å². The lowest BCUT2D eigenvalue weighted by Gasteiger charge is -2.18. The molecule has 1 N–H and O–H groups in total. The Morgan fingerprint density at radius 3 is 2.82 bits per heavy atom. The summed E-state index contributed by atoms with van der Waals surface area (Å²) in [7, 11) is 3.65. The molecule has 0 radical (unpaired) electrons. The number of anilines is 1. The first-order valence-corrected chi connectivity index (χ1v) is 6.22. The van der Waals surface area contributed by atoms with E-state index in [-0.39, 0.29) is 5.91 Å². The first kappa shape index (κ1) is 12.2. The van der Waals surface area contributed by atoms with E-state index >= 15 is 0 Å². The van der Waals surface area contributed by atoms with Crippen LogP contribution in [-0.4, -0.2) is 31.4 Å². The van der Waals surface area contributed by atoms with Crippen LogP contribution in [0, 0.1) is 5.92 Å². The molecule has 0 heterocycles. The molecule has 0 spiro atoms. The third kappa shape index (κ3) is 2.91. The SMILES string of the molecule is CNc1ccc(Cl)cc1C(=O)N(C)CC1CC1. The van der Waals surface area contributed by atoms with Gasteiger partial charge >= 0.3 is 0 Å². The molecule has 1 saturated carbocycles. The Bertz CT molecular complexity index is 429. The highest BCUT2D eigenvalue weighted by Gasteiger charge is 2.26. The molecule has 3 nitrogen and oxygen atoms in total. The second-order valence-electron chi connectivity index (χ2n) is 4.57. The number of nitrogens with zero attached hydrogens (tertiary/aromatic N) is 1. The van der Waals surface area contributed by atoms with Crippen molar-refractivity contribution in [1.82, 2.24) is 4.90 Å². The van der Waals surface area contributed by atoms with Crippen LogP contribution in [0.1, 0.15) is 23.2 Å². The smallest absolute Gasteiger partial charge is 0.255 e. The fourth-order valence-corrected chi connectivity index (χ4v) is 2.06. The molecule has 1 aromatic carbocycles. The highest BCUT2D eigenvalue weighted by Crippen LogP contribution is 2.30. The summed E-state index contributed by atoms with van der Waals surface area (Å²) in [4.78, 5) is 14.0. The molecule has 0 aliphatic heterocycles. The van der Waals surface area contributed by atoms with Crippen molar-refractivity contribution in [2.45, 2.75) is 12.8 Å². The van der Waals surface area contributed by atoms with Crippen LogP contribution >= 0.6 is 11.6 Å². The molecule has 0 saturated heterocycles. The van der Waals surface area contributed by atoms with E-state index in [1.54, 1.807) is 24.1 Å². The molecular formula is C13H17ClN2O. The maximum absolute atomic E-state index is 12.3. The predicted octanol–water partition coefficient (Wildman–Crippen LogP) is 2.86.